The van der Waals surface area contributed by atoms with E-state index in [9.17, 15) is 18.8 Å². The van der Waals surface area contributed by atoms with Crippen LogP contribution in [0.3, 0.4) is 0 Å². The molecular formula is C24H29FN6O3. The maximum Gasteiger partial charge on any atom is 0.325 e. The molecule has 1 spiro atoms. The Morgan fingerprint density at radius 3 is 2.88 bits per heavy atom. The van der Waals surface area contributed by atoms with Gasteiger partial charge in [-0.3, -0.25) is 14.5 Å². The Morgan fingerprint density at radius 1 is 1.21 bits per heavy atom. The van der Waals surface area contributed by atoms with Gasteiger partial charge in [0, 0.05) is 18.7 Å². The van der Waals surface area contributed by atoms with E-state index < -0.39 is 29.8 Å². The average molecular weight is 469 g/mol. The number of imide groups is 1. The highest BCUT2D eigenvalue weighted by Gasteiger charge is 2.55. The smallest absolute Gasteiger partial charge is 0.325 e. The van der Waals surface area contributed by atoms with E-state index >= 15 is 0 Å². The van der Waals surface area contributed by atoms with Crippen LogP contribution in [0.1, 0.15) is 57.7 Å². The van der Waals surface area contributed by atoms with Crippen molar-refractivity contribution in [2.24, 2.45) is 5.92 Å². The lowest BCUT2D eigenvalue weighted by Crippen LogP contribution is -2.54. The molecule has 2 aliphatic heterocycles. The predicted octanol–water partition coefficient (Wildman–Crippen LogP) is 3.25. The Morgan fingerprint density at radius 2 is 2.06 bits per heavy atom. The van der Waals surface area contributed by atoms with Crippen LogP contribution >= 0.6 is 0 Å². The molecular weight excluding hydrogens is 439 g/mol. The number of fused-ring (bicyclic) bond motifs is 1. The van der Waals surface area contributed by atoms with Gasteiger partial charge in [0.2, 0.25) is 5.91 Å². The topological polar surface area (TPSA) is 109 Å². The van der Waals surface area contributed by atoms with E-state index in [1.54, 1.807) is 0 Å². The number of carbonyl (C=O) groups excluding carboxylic acids is 3. The summed E-state index contributed by atoms with van der Waals surface area (Å²) in [6.07, 6.45) is 7.22. The van der Waals surface area contributed by atoms with Crippen LogP contribution < -0.4 is 10.6 Å². The first-order valence-electron chi connectivity index (χ1n) is 12.0. The number of benzene rings is 1. The molecule has 1 saturated heterocycles. The fraction of sp³-hybridized carbons (Fsp3) is 0.542. The van der Waals surface area contributed by atoms with Crippen LogP contribution in [0.4, 0.5) is 14.9 Å². The Labute approximate surface area is 197 Å². The molecule has 3 aliphatic rings. The summed E-state index contributed by atoms with van der Waals surface area (Å²) in [6.45, 7) is 2.29. The third-order valence-corrected chi connectivity index (χ3v) is 7.40. The molecule has 0 radical (unpaired) electrons. The fourth-order valence-electron chi connectivity index (χ4n) is 5.44. The van der Waals surface area contributed by atoms with Crippen molar-refractivity contribution < 1.29 is 18.8 Å². The molecule has 2 aromatic rings. The molecule has 9 nitrogen and oxygen atoms in total. The first-order valence-corrected chi connectivity index (χ1v) is 12.0. The lowest BCUT2D eigenvalue weighted by atomic mass is 9.73. The summed E-state index contributed by atoms with van der Waals surface area (Å²) in [5.74, 6) is -0.0329. The maximum absolute atomic E-state index is 14.7. The molecule has 2 unspecified atom stereocenters. The molecule has 4 amide bonds. The van der Waals surface area contributed by atoms with Crippen LogP contribution in [-0.2, 0) is 22.6 Å². The van der Waals surface area contributed by atoms with Crippen molar-refractivity contribution in [2.45, 2.75) is 70.4 Å². The second-order valence-corrected chi connectivity index (χ2v) is 9.58. The van der Waals surface area contributed by atoms with Gasteiger partial charge in [-0.1, -0.05) is 26.2 Å². The van der Waals surface area contributed by atoms with Gasteiger partial charge >= 0.3 is 6.03 Å². The van der Waals surface area contributed by atoms with Gasteiger partial charge < -0.3 is 15.2 Å². The van der Waals surface area contributed by atoms with Crippen molar-refractivity contribution in [1.29, 1.82) is 0 Å². The van der Waals surface area contributed by atoms with Gasteiger partial charge in [0.15, 0.2) is 5.82 Å². The molecule has 1 aromatic carbocycles. The lowest BCUT2D eigenvalue weighted by molar-refractivity contribution is -0.136. The number of nitrogens with zero attached hydrogens (tertiary/aromatic N) is 4. The Hall–Kier alpha value is -3.30. The largest absolute Gasteiger partial charge is 0.325 e. The van der Waals surface area contributed by atoms with E-state index in [0.717, 1.165) is 62.2 Å². The zero-order valence-electron chi connectivity index (χ0n) is 19.3. The number of carbonyl (C=O) groups is 3. The zero-order chi connectivity index (χ0) is 23.9. The van der Waals surface area contributed by atoms with E-state index in [2.05, 4.69) is 20.8 Å². The standard InChI is InChI=1S/C24H29FN6O3/c1-15-7-4-5-11-24(15)22(33)31(23(34)27-24)14-20(32)26-16-9-10-18(25)17(13-16)21-29-28-19-8-3-2-6-12-30(19)21/h9-10,13,15H,2-8,11-12,14H2,1H3,(H,26,32)(H,27,34). The Kier molecular flexibility index (Phi) is 5.83. The minimum Gasteiger partial charge on any atom is -0.325 e. The molecule has 1 saturated carbocycles. The van der Waals surface area contributed by atoms with Gasteiger partial charge in [0.25, 0.3) is 5.91 Å². The Bertz CT molecular complexity index is 1150. The monoisotopic (exact) mass is 468 g/mol. The van der Waals surface area contributed by atoms with Gasteiger partial charge in [-0.25, -0.2) is 9.18 Å². The highest BCUT2D eigenvalue weighted by Crippen LogP contribution is 2.38. The number of amides is 4. The second kappa shape index (κ2) is 8.81. The lowest BCUT2D eigenvalue weighted by Gasteiger charge is -2.36. The first-order chi connectivity index (χ1) is 16.4. The van der Waals surface area contributed by atoms with Gasteiger partial charge in [-0.2, -0.15) is 0 Å². The quantitative estimate of drug-likeness (QED) is 0.670. The van der Waals surface area contributed by atoms with E-state index in [0.29, 0.717) is 17.9 Å². The summed E-state index contributed by atoms with van der Waals surface area (Å²) in [6, 6.07) is 3.70. The number of hydrogen-bond donors (Lipinski definition) is 2. The molecule has 5 rings (SSSR count). The van der Waals surface area contributed by atoms with Crippen molar-refractivity contribution in [3.05, 3.63) is 29.8 Å². The number of urea groups is 1. The predicted molar refractivity (Wildman–Crippen MR) is 122 cm³/mol. The van der Waals surface area contributed by atoms with E-state index in [4.69, 9.17) is 0 Å². The number of hydrogen-bond acceptors (Lipinski definition) is 5. The molecule has 3 heterocycles. The van der Waals surface area contributed by atoms with Gasteiger partial charge in [0.05, 0.1) is 5.56 Å². The number of aryl methyl sites for hydroxylation is 1. The second-order valence-electron chi connectivity index (χ2n) is 9.58. The summed E-state index contributed by atoms with van der Waals surface area (Å²) < 4.78 is 16.7. The Balaban J connectivity index is 1.32. The SMILES string of the molecule is CC1CCCCC12NC(=O)N(CC(=O)Nc1ccc(F)c(-c3nnc4n3CCCCC4)c1)C2=O. The molecule has 34 heavy (non-hydrogen) atoms. The highest BCUT2D eigenvalue weighted by molar-refractivity contribution is 6.10. The number of aromatic nitrogens is 3. The van der Waals surface area contributed by atoms with Gasteiger partial charge in [-0.05, 0) is 49.8 Å². The number of nitrogens with one attached hydrogen (secondary N) is 2. The molecule has 0 bridgehead atoms. The molecule has 10 heteroatoms. The van der Waals surface area contributed by atoms with Crippen LogP contribution in [0.5, 0.6) is 0 Å². The molecule has 1 aromatic heterocycles. The van der Waals surface area contributed by atoms with Crippen LogP contribution in [0.2, 0.25) is 0 Å². The highest BCUT2D eigenvalue weighted by atomic mass is 19.1. The third kappa shape index (κ3) is 3.84. The number of halogens is 1. The van der Waals surface area contributed by atoms with Crippen molar-refractivity contribution >= 4 is 23.5 Å². The summed E-state index contributed by atoms with van der Waals surface area (Å²) in [7, 11) is 0. The summed E-state index contributed by atoms with van der Waals surface area (Å²) in [4.78, 5) is 39.4. The molecule has 2 N–H and O–H groups in total. The van der Waals surface area contributed by atoms with Crippen LogP contribution in [0.25, 0.3) is 11.4 Å². The number of anilines is 1. The van der Waals surface area contributed by atoms with Crippen molar-refractivity contribution in [2.75, 3.05) is 11.9 Å². The minimum absolute atomic E-state index is 0.0173. The van der Waals surface area contributed by atoms with Gasteiger partial charge in [0.1, 0.15) is 23.7 Å². The van der Waals surface area contributed by atoms with Crippen molar-refractivity contribution in [1.82, 2.24) is 25.0 Å². The summed E-state index contributed by atoms with van der Waals surface area (Å²) in [5, 5.41) is 14.0. The maximum atomic E-state index is 14.7. The van der Waals surface area contributed by atoms with Crippen molar-refractivity contribution in [3.63, 3.8) is 0 Å². The molecule has 2 fully saturated rings. The summed E-state index contributed by atoms with van der Waals surface area (Å²) in [5.41, 5.74) is -0.298. The minimum atomic E-state index is -0.913. The number of rotatable bonds is 4. The van der Waals surface area contributed by atoms with Crippen LogP contribution in [0.15, 0.2) is 18.2 Å². The van der Waals surface area contributed by atoms with E-state index in [-0.39, 0.29) is 17.4 Å². The first kappa shape index (κ1) is 22.5. The molecule has 180 valence electrons. The summed E-state index contributed by atoms with van der Waals surface area (Å²) >= 11 is 0. The zero-order valence-corrected chi connectivity index (χ0v) is 19.3. The third-order valence-electron chi connectivity index (χ3n) is 7.40. The van der Waals surface area contributed by atoms with Crippen LogP contribution in [-0.4, -0.2) is 49.6 Å². The van der Waals surface area contributed by atoms with Gasteiger partial charge in [-0.15, -0.1) is 10.2 Å². The molecule has 1 aliphatic carbocycles. The van der Waals surface area contributed by atoms with E-state index in [1.165, 1.54) is 18.2 Å². The fourth-order valence-corrected chi connectivity index (χ4v) is 5.44. The van der Waals surface area contributed by atoms with E-state index in [1.807, 2.05) is 11.5 Å². The van der Waals surface area contributed by atoms with Crippen LogP contribution in [0, 0.1) is 11.7 Å². The normalized spacial score (nSPS) is 24.6. The molecule has 2 atom stereocenters. The van der Waals surface area contributed by atoms with Crippen molar-refractivity contribution in [3.8, 4) is 11.4 Å². The average Bonchev–Trinajstić information content (AvgIpc) is 3.20.